The van der Waals surface area contributed by atoms with Crippen molar-refractivity contribution in [2.75, 3.05) is 6.54 Å². The highest BCUT2D eigenvalue weighted by molar-refractivity contribution is 8.16. The molecule has 1 aliphatic heterocycles. The number of amides is 1. The van der Waals surface area contributed by atoms with Crippen molar-refractivity contribution in [3.05, 3.63) is 42.7 Å². The SMILES string of the molecule is C=CCN1C(=O)C(C)S/C1=N/S(=O)(=O)c1ccc(F)cc1. The molecule has 1 fully saturated rings. The highest BCUT2D eigenvalue weighted by Crippen LogP contribution is 2.28. The second kappa shape index (κ2) is 5.98. The maximum absolute atomic E-state index is 12.8. The lowest BCUT2D eigenvalue weighted by atomic mass is 10.4. The molecular weight excluding hydrogens is 315 g/mol. The first-order valence-electron chi connectivity index (χ1n) is 6.04. The van der Waals surface area contributed by atoms with E-state index >= 15 is 0 Å². The molecule has 0 saturated carbocycles. The van der Waals surface area contributed by atoms with Crippen LogP contribution in [0.15, 0.2) is 46.2 Å². The van der Waals surface area contributed by atoms with Gasteiger partial charge >= 0.3 is 0 Å². The molecule has 21 heavy (non-hydrogen) atoms. The van der Waals surface area contributed by atoms with Gasteiger partial charge in [-0.3, -0.25) is 9.69 Å². The van der Waals surface area contributed by atoms with E-state index < -0.39 is 21.1 Å². The fraction of sp³-hybridized carbons (Fsp3) is 0.231. The van der Waals surface area contributed by atoms with Crippen molar-refractivity contribution in [2.24, 2.45) is 4.40 Å². The van der Waals surface area contributed by atoms with E-state index in [0.717, 1.165) is 36.0 Å². The summed E-state index contributed by atoms with van der Waals surface area (Å²) < 4.78 is 40.9. The molecule has 1 aliphatic rings. The number of hydrogen-bond donors (Lipinski definition) is 0. The first-order valence-corrected chi connectivity index (χ1v) is 8.36. The number of carbonyl (C=O) groups excluding carboxylic acids is 1. The zero-order chi connectivity index (χ0) is 15.6. The summed E-state index contributed by atoms with van der Waals surface area (Å²) in [7, 11) is -3.99. The van der Waals surface area contributed by atoms with Gasteiger partial charge in [0.25, 0.3) is 10.0 Å². The Bertz CT molecular complexity index is 699. The quantitative estimate of drug-likeness (QED) is 0.793. The van der Waals surface area contributed by atoms with Gasteiger partial charge in [0.2, 0.25) is 5.91 Å². The second-order valence-electron chi connectivity index (χ2n) is 4.30. The smallest absolute Gasteiger partial charge is 0.284 e. The van der Waals surface area contributed by atoms with Crippen molar-refractivity contribution in [1.82, 2.24) is 4.90 Å². The molecule has 1 unspecified atom stereocenters. The summed E-state index contributed by atoms with van der Waals surface area (Å²) in [6.45, 7) is 5.40. The predicted octanol–water partition coefficient (Wildman–Crippen LogP) is 2.02. The van der Waals surface area contributed by atoms with E-state index in [1.54, 1.807) is 6.92 Å². The van der Waals surface area contributed by atoms with Gasteiger partial charge in [0.15, 0.2) is 5.17 Å². The number of halogens is 1. The van der Waals surface area contributed by atoms with E-state index in [4.69, 9.17) is 0 Å². The normalized spacial score (nSPS) is 21.0. The van der Waals surface area contributed by atoms with Crippen LogP contribution in [0.2, 0.25) is 0 Å². The van der Waals surface area contributed by atoms with Crippen LogP contribution in [-0.2, 0) is 14.8 Å². The van der Waals surface area contributed by atoms with E-state index in [-0.39, 0.29) is 22.5 Å². The maximum atomic E-state index is 12.8. The molecule has 1 aromatic carbocycles. The Labute approximate surface area is 126 Å². The Balaban J connectivity index is 2.39. The third kappa shape index (κ3) is 3.33. The van der Waals surface area contributed by atoms with Gasteiger partial charge in [-0.1, -0.05) is 17.8 Å². The van der Waals surface area contributed by atoms with Crippen LogP contribution in [-0.4, -0.2) is 36.2 Å². The Morgan fingerprint density at radius 2 is 2.05 bits per heavy atom. The molecule has 0 spiro atoms. The standard InChI is InChI=1S/C13H13FN2O3S2/c1-3-8-16-12(17)9(2)20-13(16)15-21(18,19)11-6-4-10(14)5-7-11/h3-7,9H,1,8H2,2H3/b15-13+. The number of rotatable bonds is 4. The number of sulfonamides is 1. The fourth-order valence-corrected chi connectivity index (χ4v) is 3.91. The van der Waals surface area contributed by atoms with Crippen molar-refractivity contribution in [2.45, 2.75) is 17.1 Å². The molecule has 8 heteroatoms. The van der Waals surface area contributed by atoms with Crippen molar-refractivity contribution in [1.29, 1.82) is 0 Å². The van der Waals surface area contributed by atoms with Gasteiger partial charge in [-0.2, -0.15) is 8.42 Å². The predicted molar refractivity (Wildman–Crippen MR) is 80.0 cm³/mol. The van der Waals surface area contributed by atoms with E-state index in [1.807, 2.05) is 0 Å². The lowest BCUT2D eigenvalue weighted by molar-refractivity contribution is -0.125. The van der Waals surface area contributed by atoms with Crippen molar-refractivity contribution < 1.29 is 17.6 Å². The van der Waals surface area contributed by atoms with Crippen LogP contribution < -0.4 is 0 Å². The molecule has 0 aliphatic carbocycles. The van der Waals surface area contributed by atoms with Gasteiger partial charge in [0, 0.05) is 6.54 Å². The van der Waals surface area contributed by atoms with Crippen molar-refractivity contribution in [3.8, 4) is 0 Å². The van der Waals surface area contributed by atoms with Crippen LogP contribution in [0.1, 0.15) is 6.92 Å². The van der Waals surface area contributed by atoms with Crippen molar-refractivity contribution >= 4 is 32.9 Å². The number of carbonyl (C=O) groups is 1. The topological polar surface area (TPSA) is 66.8 Å². The van der Waals surface area contributed by atoms with E-state index in [1.165, 1.54) is 11.0 Å². The molecule has 5 nitrogen and oxygen atoms in total. The zero-order valence-corrected chi connectivity index (χ0v) is 12.8. The Morgan fingerprint density at radius 3 is 2.62 bits per heavy atom. The summed E-state index contributed by atoms with van der Waals surface area (Å²) in [6, 6.07) is 4.36. The van der Waals surface area contributed by atoms with Crippen LogP contribution in [0.4, 0.5) is 4.39 Å². The molecule has 2 rings (SSSR count). The zero-order valence-electron chi connectivity index (χ0n) is 11.2. The average molecular weight is 328 g/mol. The molecule has 112 valence electrons. The largest absolute Gasteiger partial charge is 0.286 e. The molecular formula is C13H13FN2O3S2. The second-order valence-corrected chi connectivity index (χ2v) is 7.21. The van der Waals surface area contributed by atoms with Crippen LogP contribution in [0.25, 0.3) is 0 Å². The van der Waals surface area contributed by atoms with Gasteiger partial charge in [0.05, 0.1) is 10.1 Å². The van der Waals surface area contributed by atoms with Crippen LogP contribution in [0.3, 0.4) is 0 Å². The minimum Gasteiger partial charge on any atom is -0.286 e. The Kier molecular flexibility index (Phi) is 4.48. The first kappa shape index (κ1) is 15.7. The Hall–Kier alpha value is -1.67. The molecule has 1 heterocycles. The summed E-state index contributed by atoms with van der Waals surface area (Å²) >= 11 is 1.07. The number of benzene rings is 1. The summed E-state index contributed by atoms with van der Waals surface area (Å²) in [4.78, 5) is 13.0. The Morgan fingerprint density at radius 1 is 1.43 bits per heavy atom. The summed E-state index contributed by atoms with van der Waals surface area (Å²) in [6.07, 6.45) is 1.50. The molecule has 0 bridgehead atoms. The number of hydrogen-bond acceptors (Lipinski definition) is 4. The lowest BCUT2D eigenvalue weighted by Crippen LogP contribution is -2.31. The summed E-state index contributed by atoms with van der Waals surface area (Å²) in [5.74, 6) is -0.748. The van der Waals surface area contributed by atoms with Gasteiger partial charge < -0.3 is 0 Å². The molecule has 1 amide bonds. The molecule has 0 N–H and O–H groups in total. The van der Waals surface area contributed by atoms with E-state index in [0.29, 0.717) is 0 Å². The third-order valence-electron chi connectivity index (χ3n) is 2.75. The number of amidine groups is 1. The number of thioether (sulfide) groups is 1. The highest BCUT2D eigenvalue weighted by atomic mass is 32.2. The first-order chi connectivity index (χ1) is 9.85. The fourth-order valence-electron chi connectivity index (χ4n) is 1.72. The van der Waals surface area contributed by atoms with Gasteiger partial charge in [-0.25, -0.2) is 4.39 Å². The molecule has 0 aromatic heterocycles. The van der Waals surface area contributed by atoms with E-state index in [9.17, 15) is 17.6 Å². The van der Waals surface area contributed by atoms with Crippen LogP contribution >= 0.6 is 11.8 Å². The summed E-state index contributed by atoms with van der Waals surface area (Å²) in [5, 5.41) is -0.288. The van der Waals surface area contributed by atoms with Gasteiger partial charge in [0.1, 0.15) is 5.82 Å². The summed E-state index contributed by atoms with van der Waals surface area (Å²) in [5.41, 5.74) is 0. The minimum atomic E-state index is -3.99. The van der Waals surface area contributed by atoms with Crippen LogP contribution in [0.5, 0.6) is 0 Å². The monoisotopic (exact) mass is 328 g/mol. The number of nitrogens with zero attached hydrogens (tertiary/aromatic N) is 2. The minimum absolute atomic E-state index is 0.108. The molecule has 1 aromatic rings. The molecule has 1 atom stereocenters. The highest BCUT2D eigenvalue weighted by Gasteiger charge is 2.35. The van der Waals surface area contributed by atoms with Crippen LogP contribution in [0, 0.1) is 5.82 Å². The molecule has 1 saturated heterocycles. The van der Waals surface area contributed by atoms with Crippen molar-refractivity contribution in [3.63, 3.8) is 0 Å². The van der Waals surface area contributed by atoms with Gasteiger partial charge in [-0.15, -0.1) is 11.0 Å². The molecule has 0 radical (unpaired) electrons. The average Bonchev–Trinajstić information content (AvgIpc) is 2.67. The lowest BCUT2D eigenvalue weighted by Gasteiger charge is -2.13. The third-order valence-corrected chi connectivity index (χ3v) is 5.22. The van der Waals surface area contributed by atoms with E-state index in [2.05, 4.69) is 11.0 Å². The maximum Gasteiger partial charge on any atom is 0.284 e. The van der Waals surface area contributed by atoms with Gasteiger partial charge in [-0.05, 0) is 31.2 Å².